The van der Waals surface area contributed by atoms with Gasteiger partial charge in [-0.15, -0.1) is 0 Å². The number of aryl methyl sites for hydroxylation is 1. The highest BCUT2D eigenvalue weighted by Crippen LogP contribution is 2.16. The minimum Gasteiger partial charge on any atom is -0.336 e. The first kappa shape index (κ1) is 19.0. The van der Waals surface area contributed by atoms with Crippen LogP contribution in [0.25, 0.3) is 0 Å². The van der Waals surface area contributed by atoms with Gasteiger partial charge in [0, 0.05) is 24.3 Å². The van der Waals surface area contributed by atoms with Crippen LogP contribution in [-0.4, -0.2) is 34.1 Å². The normalized spacial score (nSPS) is 13.8. The van der Waals surface area contributed by atoms with E-state index in [2.05, 4.69) is 21.9 Å². The van der Waals surface area contributed by atoms with Gasteiger partial charge in [0.2, 0.25) is 10.0 Å². The molecule has 2 aromatic rings. The average Bonchev–Trinajstić information content (AvgIpc) is 3.12. The van der Waals surface area contributed by atoms with Gasteiger partial charge in [-0.3, -0.25) is 4.90 Å². The summed E-state index contributed by atoms with van der Waals surface area (Å²) in [7, 11) is -3.57. The third kappa shape index (κ3) is 4.67. The molecule has 1 saturated heterocycles. The molecule has 2 N–H and O–H groups in total. The number of hydrogen-bond donors (Lipinski definition) is 2. The van der Waals surface area contributed by atoms with Crippen molar-refractivity contribution in [2.45, 2.75) is 18.2 Å². The molecule has 0 bridgehead atoms. The van der Waals surface area contributed by atoms with Gasteiger partial charge >= 0.3 is 6.03 Å². The number of rotatable bonds is 5. The summed E-state index contributed by atoms with van der Waals surface area (Å²) < 4.78 is 27.0. The van der Waals surface area contributed by atoms with E-state index in [0.717, 1.165) is 23.2 Å². The fourth-order valence-electron chi connectivity index (χ4n) is 2.71. The van der Waals surface area contributed by atoms with Crippen molar-refractivity contribution in [1.82, 2.24) is 10.0 Å². The summed E-state index contributed by atoms with van der Waals surface area (Å²) in [6.45, 7) is 3.32. The molecule has 0 radical (unpaired) electrons. The molecule has 0 unspecified atom stereocenters. The standard InChI is InChI=1S/C20H21N3O3S/c1-2-16-7-11-19(12-8-16)27(25,26)22-13-3-4-17-5-9-18(10-6-17)23-15-14-21-20(23)24/h5-12,22H,2,13-15H2,1H3,(H,21,24). The van der Waals surface area contributed by atoms with E-state index in [1.54, 1.807) is 17.0 Å². The van der Waals surface area contributed by atoms with Crippen LogP contribution < -0.4 is 14.9 Å². The molecule has 1 fully saturated rings. The maximum atomic E-state index is 12.2. The second-order valence-electron chi connectivity index (χ2n) is 6.05. The van der Waals surface area contributed by atoms with Crippen LogP contribution in [0, 0.1) is 11.8 Å². The lowest BCUT2D eigenvalue weighted by Gasteiger charge is -2.13. The van der Waals surface area contributed by atoms with Crippen molar-refractivity contribution >= 4 is 21.7 Å². The highest BCUT2D eigenvalue weighted by molar-refractivity contribution is 7.89. The fraction of sp³-hybridized carbons (Fsp3) is 0.250. The Morgan fingerprint density at radius 2 is 1.81 bits per heavy atom. The molecule has 2 aromatic carbocycles. The Hall–Kier alpha value is -2.82. The summed E-state index contributed by atoms with van der Waals surface area (Å²) >= 11 is 0. The van der Waals surface area contributed by atoms with E-state index in [1.807, 2.05) is 43.3 Å². The number of urea groups is 1. The minimum absolute atomic E-state index is 0.0220. The van der Waals surface area contributed by atoms with Crippen LogP contribution in [0.1, 0.15) is 18.1 Å². The molecule has 3 rings (SSSR count). The predicted octanol–water partition coefficient (Wildman–Crippen LogP) is 2.11. The van der Waals surface area contributed by atoms with Crippen LogP contribution in [0.3, 0.4) is 0 Å². The first-order valence-corrected chi connectivity index (χ1v) is 10.2. The molecule has 0 aliphatic carbocycles. The van der Waals surface area contributed by atoms with Gasteiger partial charge in [-0.25, -0.2) is 13.2 Å². The molecular formula is C20H21N3O3S. The molecule has 0 spiro atoms. The summed E-state index contributed by atoms with van der Waals surface area (Å²) in [6, 6.07) is 14.0. The summed E-state index contributed by atoms with van der Waals surface area (Å²) in [5.74, 6) is 5.73. The SMILES string of the molecule is CCc1ccc(S(=O)(=O)NCC#Cc2ccc(N3CCNC3=O)cc2)cc1. The molecule has 7 heteroatoms. The molecule has 0 saturated carbocycles. The van der Waals surface area contributed by atoms with E-state index in [4.69, 9.17) is 0 Å². The van der Waals surface area contributed by atoms with Gasteiger partial charge in [0.1, 0.15) is 0 Å². The molecule has 140 valence electrons. The van der Waals surface area contributed by atoms with Gasteiger partial charge in [-0.05, 0) is 48.4 Å². The van der Waals surface area contributed by atoms with E-state index in [0.29, 0.717) is 13.1 Å². The molecule has 27 heavy (non-hydrogen) atoms. The van der Waals surface area contributed by atoms with Crippen molar-refractivity contribution in [3.8, 4) is 11.8 Å². The lowest BCUT2D eigenvalue weighted by molar-refractivity contribution is 0.252. The summed E-state index contributed by atoms with van der Waals surface area (Å²) in [4.78, 5) is 13.5. The zero-order valence-electron chi connectivity index (χ0n) is 15.0. The lowest BCUT2D eigenvalue weighted by atomic mass is 10.2. The first-order chi connectivity index (χ1) is 13.0. The smallest absolute Gasteiger partial charge is 0.321 e. The molecule has 6 nitrogen and oxygen atoms in total. The molecule has 0 aromatic heterocycles. The average molecular weight is 383 g/mol. The summed E-state index contributed by atoms with van der Waals surface area (Å²) in [5.41, 5.74) is 2.65. The summed E-state index contributed by atoms with van der Waals surface area (Å²) in [5, 5.41) is 2.75. The number of sulfonamides is 1. The number of carbonyl (C=O) groups is 1. The Morgan fingerprint density at radius 1 is 1.11 bits per heavy atom. The largest absolute Gasteiger partial charge is 0.336 e. The van der Waals surface area contributed by atoms with Crippen LogP contribution in [-0.2, 0) is 16.4 Å². The zero-order chi connectivity index (χ0) is 19.3. The molecule has 1 aliphatic heterocycles. The number of nitrogens with zero attached hydrogens (tertiary/aromatic N) is 1. The third-order valence-electron chi connectivity index (χ3n) is 4.26. The van der Waals surface area contributed by atoms with E-state index >= 15 is 0 Å². The number of amides is 2. The van der Waals surface area contributed by atoms with Gasteiger partial charge in [-0.2, -0.15) is 4.72 Å². The Morgan fingerprint density at radius 3 is 2.41 bits per heavy atom. The highest BCUT2D eigenvalue weighted by Gasteiger charge is 2.20. The van der Waals surface area contributed by atoms with E-state index in [1.165, 1.54) is 0 Å². The van der Waals surface area contributed by atoms with Crippen LogP contribution in [0.2, 0.25) is 0 Å². The van der Waals surface area contributed by atoms with Crippen LogP contribution in [0.4, 0.5) is 10.5 Å². The van der Waals surface area contributed by atoms with E-state index in [9.17, 15) is 13.2 Å². The number of hydrogen-bond acceptors (Lipinski definition) is 3. The van der Waals surface area contributed by atoms with Gasteiger partial charge in [0.15, 0.2) is 0 Å². The number of benzene rings is 2. The van der Waals surface area contributed by atoms with Crippen LogP contribution in [0.5, 0.6) is 0 Å². The second-order valence-corrected chi connectivity index (χ2v) is 7.82. The predicted molar refractivity (Wildman–Crippen MR) is 105 cm³/mol. The van der Waals surface area contributed by atoms with E-state index < -0.39 is 10.0 Å². The maximum Gasteiger partial charge on any atom is 0.321 e. The first-order valence-electron chi connectivity index (χ1n) is 8.72. The lowest BCUT2D eigenvalue weighted by Crippen LogP contribution is -2.27. The maximum absolute atomic E-state index is 12.2. The zero-order valence-corrected chi connectivity index (χ0v) is 15.8. The Kier molecular flexibility index (Phi) is 5.79. The van der Waals surface area contributed by atoms with E-state index in [-0.39, 0.29) is 17.5 Å². The molecule has 1 heterocycles. The summed E-state index contributed by atoms with van der Waals surface area (Å²) in [6.07, 6.45) is 0.862. The van der Waals surface area contributed by atoms with Gasteiger partial charge < -0.3 is 5.32 Å². The van der Waals surface area contributed by atoms with Gasteiger partial charge in [-0.1, -0.05) is 30.9 Å². The van der Waals surface area contributed by atoms with Crippen molar-refractivity contribution in [2.75, 3.05) is 24.5 Å². The number of carbonyl (C=O) groups excluding carboxylic acids is 1. The highest BCUT2D eigenvalue weighted by atomic mass is 32.2. The van der Waals surface area contributed by atoms with Crippen molar-refractivity contribution in [3.05, 3.63) is 59.7 Å². The topological polar surface area (TPSA) is 78.5 Å². The molecular weight excluding hydrogens is 362 g/mol. The Bertz CT molecular complexity index is 972. The van der Waals surface area contributed by atoms with Crippen molar-refractivity contribution in [3.63, 3.8) is 0 Å². The third-order valence-corrected chi connectivity index (χ3v) is 5.68. The van der Waals surface area contributed by atoms with Crippen LogP contribution in [0.15, 0.2) is 53.4 Å². The van der Waals surface area contributed by atoms with Crippen molar-refractivity contribution in [2.24, 2.45) is 0 Å². The van der Waals surface area contributed by atoms with Crippen molar-refractivity contribution in [1.29, 1.82) is 0 Å². The Balaban J connectivity index is 1.59. The molecule has 1 aliphatic rings. The Labute approximate surface area is 159 Å². The quantitative estimate of drug-likeness (QED) is 0.776. The van der Waals surface area contributed by atoms with Crippen LogP contribution >= 0.6 is 0 Å². The molecule has 0 atom stereocenters. The van der Waals surface area contributed by atoms with Gasteiger partial charge in [0.25, 0.3) is 0 Å². The number of anilines is 1. The monoisotopic (exact) mass is 383 g/mol. The number of nitrogens with one attached hydrogen (secondary N) is 2. The fourth-order valence-corrected chi connectivity index (χ4v) is 3.63. The second kappa shape index (κ2) is 8.25. The van der Waals surface area contributed by atoms with Gasteiger partial charge in [0.05, 0.1) is 11.4 Å². The van der Waals surface area contributed by atoms with Crippen molar-refractivity contribution < 1.29 is 13.2 Å². The minimum atomic E-state index is -3.57. The molecule has 2 amide bonds.